The number of nitrogens with two attached hydrogens (primary N) is 1. The van der Waals surface area contributed by atoms with E-state index in [1.54, 1.807) is 13.8 Å². The molecule has 84 valence electrons. The third kappa shape index (κ3) is 1.92. The van der Waals surface area contributed by atoms with Gasteiger partial charge in [0, 0.05) is 5.92 Å². The van der Waals surface area contributed by atoms with Crippen LogP contribution in [0.2, 0.25) is 0 Å². The van der Waals surface area contributed by atoms with E-state index in [0.29, 0.717) is 0 Å². The third-order valence-electron chi connectivity index (χ3n) is 2.96. The molecule has 1 saturated heterocycles. The molecule has 1 aliphatic rings. The first-order valence-corrected chi connectivity index (χ1v) is 4.77. The fraction of sp³-hybridized carbons (Fsp3) is 1.00. The quantitative estimate of drug-likeness (QED) is 0.438. The van der Waals surface area contributed by atoms with Gasteiger partial charge >= 0.3 is 0 Å². The largest absolute Gasteiger partial charge is 0.396 e. The van der Waals surface area contributed by atoms with Crippen molar-refractivity contribution in [1.82, 2.24) is 0 Å². The Morgan fingerprint density at radius 3 is 2.29 bits per heavy atom. The van der Waals surface area contributed by atoms with Crippen LogP contribution in [0.4, 0.5) is 0 Å². The van der Waals surface area contributed by atoms with Gasteiger partial charge in [-0.15, -0.1) is 0 Å². The summed E-state index contributed by atoms with van der Waals surface area (Å²) in [5, 5.41) is 27.9. The van der Waals surface area contributed by atoms with Crippen LogP contribution in [0.3, 0.4) is 0 Å². The minimum absolute atomic E-state index is 0.181. The first kappa shape index (κ1) is 11.9. The lowest BCUT2D eigenvalue weighted by Crippen LogP contribution is -2.63. The average molecular weight is 205 g/mol. The first-order chi connectivity index (χ1) is 6.44. The summed E-state index contributed by atoms with van der Waals surface area (Å²) in [6.07, 6.45) is -1.41. The Labute approximate surface area is 83.5 Å². The summed E-state index contributed by atoms with van der Waals surface area (Å²) in [6, 6.07) is -0.648. The zero-order valence-electron chi connectivity index (χ0n) is 8.55. The Kier molecular flexibility index (Phi) is 3.49. The summed E-state index contributed by atoms with van der Waals surface area (Å²) in [7, 11) is 0. The van der Waals surface area contributed by atoms with Gasteiger partial charge in [0.2, 0.25) is 0 Å². The number of hydrogen-bond acceptors (Lipinski definition) is 5. The summed E-state index contributed by atoms with van der Waals surface area (Å²) in [6.45, 7) is 3.14. The van der Waals surface area contributed by atoms with Gasteiger partial charge in [0.25, 0.3) is 0 Å². The Hall–Kier alpha value is -0.200. The molecular formula is C9H19NO4. The van der Waals surface area contributed by atoms with Gasteiger partial charge in [-0.25, -0.2) is 0 Å². The van der Waals surface area contributed by atoms with E-state index in [1.165, 1.54) is 0 Å². The lowest BCUT2D eigenvalue weighted by Gasteiger charge is -2.47. The summed E-state index contributed by atoms with van der Waals surface area (Å²) >= 11 is 0. The van der Waals surface area contributed by atoms with Crippen molar-refractivity contribution in [3.8, 4) is 0 Å². The van der Waals surface area contributed by atoms with Gasteiger partial charge in [0.1, 0.15) is 0 Å². The van der Waals surface area contributed by atoms with Gasteiger partial charge < -0.3 is 25.8 Å². The molecule has 0 spiro atoms. The van der Waals surface area contributed by atoms with Crippen molar-refractivity contribution < 1.29 is 20.1 Å². The van der Waals surface area contributed by atoms with E-state index in [0.717, 1.165) is 0 Å². The van der Waals surface area contributed by atoms with E-state index in [4.69, 9.17) is 20.7 Å². The molecule has 0 aromatic rings. The van der Waals surface area contributed by atoms with Crippen molar-refractivity contribution in [2.24, 2.45) is 11.7 Å². The zero-order valence-corrected chi connectivity index (χ0v) is 8.55. The van der Waals surface area contributed by atoms with Crippen LogP contribution in [0.1, 0.15) is 13.8 Å². The highest BCUT2D eigenvalue weighted by Crippen LogP contribution is 2.33. The summed E-state index contributed by atoms with van der Waals surface area (Å²) in [4.78, 5) is 0. The van der Waals surface area contributed by atoms with E-state index in [2.05, 4.69) is 0 Å². The second-order valence-corrected chi connectivity index (χ2v) is 4.30. The minimum Gasteiger partial charge on any atom is -0.396 e. The van der Waals surface area contributed by atoms with Crippen molar-refractivity contribution in [1.29, 1.82) is 0 Å². The number of aliphatic hydroxyl groups is 3. The van der Waals surface area contributed by atoms with Crippen LogP contribution in [0.5, 0.6) is 0 Å². The highest BCUT2D eigenvalue weighted by molar-refractivity contribution is 4.98. The smallest absolute Gasteiger partial charge is 0.0988 e. The van der Waals surface area contributed by atoms with Gasteiger partial charge in [0.05, 0.1) is 37.1 Å². The average Bonchev–Trinajstić information content (AvgIpc) is 2.12. The van der Waals surface area contributed by atoms with E-state index < -0.39 is 29.8 Å². The molecule has 1 heterocycles. The molecule has 5 nitrogen and oxygen atoms in total. The fourth-order valence-corrected chi connectivity index (χ4v) is 1.94. The monoisotopic (exact) mass is 205 g/mol. The Morgan fingerprint density at radius 1 is 1.29 bits per heavy atom. The lowest BCUT2D eigenvalue weighted by molar-refractivity contribution is -0.209. The van der Waals surface area contributed by atoms with Gasteiger partial charge in [0.15, 0.2) is 0 Å². The van der Waals surface area contributed by atoms with Crippen molar-refractivity contribution in [2.75, 3.05) is 13.2 Å². The van der Waals surface area contributed by atoms with E-state index in [-0.39, 0.29) is 13.2 Å². The Balaban J connectivity index is 2.83. The maximum atomic E-state index is 9.80. The van der Waals surface area contributed by atoms with Crippen molar-refractivity contribution in [3.05, 3.63) is 0 Å². The molecule has 0 aromatic carbocycles. The van der Waals surface area contributed by atoms with E-state index >= 15 is 0 Å². The molecule has 0 saturated carbocycles. The molecular weight excluding hydrogens is 186 g/mol. The summed E-state index contributed by atoms with van der Waals surface area (Å²) in [5.74, 6) is -0.416. The maximum Gasteiger partial charge on any atom is 0.0988 e. The van der Waals surface area contributed by atoms with Gasteiger partial charge in [-0.05, 0) is 13.8 Å². The number of hydrogen-bond donors (Lipinski definition) is 4. The summed E-state index contributed by atoms with van der Waals surface area (Å²) in [5.41, 5.74) is 5.00. The molecule has 0 aliphatic carbocycles. The van der Waals surface area contributed by atoms with Crippen LogP contribution in [0, 0.1) is 5.92 Å². The second-order valence-electron chi connectivity index (χ2n) is 4.30. The Bertz CT molecular complexity index is 197. The zero-order chi connectivity index (χ0) is 10.9. The van der Waals surface area contributed by atoms with Crippen LogP contribution in [-0.4, -0.2) is 52.4 Å². The molecule has 0 radical (unpaired) electrons. The topological polar surface area (TPSA) is 95.9 Å². The third-order valence-corrected chi connectivity index (χ3v) is 2.96. The molecule has 0 aromatic heterocycles. The molecule has 1 rings (SSSR count). The molecule has 1 fully saturated rings. The molecule has 0 unspecified atom stereocenters. The molecule has 4 atom stereocenters. The fourth-order valence-electron chi connectivity index (χ4n) is 1.94. The molecule has 0 bridgehead atoms. The maximum absolute atomic E-state index is 9.80. The molecule has 14 heavy (non-hydrogen) atoms. The standard InChI is InChI=1S/C9H19NO4/c1-9(2)5(3-11)8(13)7(10)6(4-12)14-9/h5-8,11-13H,3-4,10H2,1-2H3/t5-,6+,7-,8-/m0/s1. The summed E-state index contributed by atoms with van der Waals surface area (Å²) < 4.78 is 5.51. The van der Waals surface area contributed by atoms with Gasteiger partial charge in [-0.3, -0.25) is 0 Å². The lowest BCUT2D eigenvalue weighted by atomic mass is 9.79. The van der Waals surface area contributed by atoms with Gasteiger partial charge in [-0.1, -0.05) is 0 Å². The van der Waals surface area contributed by atoms with Crippen LogP contribution >= 0.6 is 0 Å². The van der Waals surface area contributed by atoms with Crippen LogP contribution in [0.15, 0.2) is 0 Å². The number of aliphatic hydroxyl groups excluding tert-OH is 3. The highest BCUT2D eigenvalue weighted by atomic mass is 16.5. The Morgan fingerprint density at radius 2 is 1.86 bits per heavy atom. The normalized spacial score (nSPS) is 42.4. The van der Waals surface area contributed by atoms with Crippen molar-refractivity contribution in [2.45, 2.75) is 37.7 Å². The predicted molar refractivity (Wildman–Crippen MR) is 50.6 cm³/mol. The second kappa shape index (κ2) is 4.12. The first-order valence-electron chi connectivity index (χ1n) is 4.77. The number of rotatable bonds is 2. The van der Waals surface area contributed by atoms with Crippen LogP contribution in [-0.2, 0) is 4.74 Å². The highest BCUT2D eigenvalue weighted by Gasteiger charge is 2.47. The molecule has 5 N–H and O–H groups in total. The minimum atomic E-state index is -0.846. The molecule has 1 aliphatic heterocycles. The van der Waals surface area contributed by atoms with Gasteiger partial charge in [-0.2, -0.15) is 0 Å². The van der Waals surface area contributed by atoms with E-state index in [9.17, 15) is 5.11 Å². The van der Waals surface area contributed by atoms with Crippen LogP contribution < -0.4 is 5.73 Å². The van der Waals surface area contributed by atoms with Crippen LogP contribution in [0.25, 0.3) is 0 Å². The molecule has 5 heteroatoms. The van der Waals surface area contributed by atoms with E-state index in [1.807, 2.05) is 0 Å². The SMILES string of the molecule is CC1(C)O[C@H](CO)[C@H](N)[C@@H](O)[C@@H]1CO. The molecule has 0 amide bonds. The van der Waals surface area contributed by atoms with Crippen molar-refractivity contribution in [3.63, 3.8) is 0 Å². The number of ether oxygens (including phenoxy) is 1. The predicted octanol–water partition coefficient (Wildman–Crippen LogP) is -1.55. The van der Waals surface area contributed by atoms with Crippen molar-refractivity contribution >= 4 is 0 Å².